The highest BCUT2D eigenvalue weighted by Gasteiger charge is 2.24. The van der Waals surface area contributed by atoms with Crippen LogP contribution in [0.25, 0.3) is 11.1 Å². The van der Waals surface area contributed by atoms with Crippen LogP contribution in [0, 0.1) is 0 Å². The monoisotopic (exact) mass is 371 g/mol. The average Bonchev–Trinajstić information content (AvgIpc) is 3.15. The van der Waals surface area contributed by atoms with E-state index < -0.39 is 21.6 Å². The Labute approximate surface area is 151 Å². The SMILES string of the molecule is CNc1c(-c2ccoc2)ccc(CS(=O)(=O)c2ccccc2)c1C(=O)O. The summed E-state index contributed by atoms with van der Waals surface area (Å²) in [5, 5.41) is 12.6. The molecule has 0 radical (unpaired) electrons. The maximum atomic E-state index is 12.7. The molecule has 26 heavy (non-hydrogen) atoms. The minimum absolute atomic E-state index is 0.0642. The first-order valence-corrected chi connectivity index (χ1v) is 9.46. The second-order valence-corrected chi connectivity index (χ2v) is 7.65. The maximum absolute atomic E-state index is 12.7. The molecule has 0 spiro atoms. The predicted octanol–water partition coefficient (Wildman–Crippen LogP) is 3.66. The van der Waals surface area contributed by atoms with Crippen LogP contribution < -0.4 is 5.32 Å². The molecule has 1 heterocycles. The van der Waals surface area contributed by atoms with E-state index in [1.807, 2.05) is 0 Å². The summed E-state index contributed by atoms with van der Waals surface area (Å²) in [6.07, 6.45) is 2.99. The lowest BCUT2D eigenvalue weighted by Crippen LogP contribution is -2.13. The van der Waals surface area contributed by atoms with Crippen LogP contribution in [0.15, 0.2) is 70.4 Å². The number of anilines is 1. The molecule has 2 N–H and O–H groups in total. The molecule has 0 aliphatic carbocycles. The van der Waals surface area contributed by atoms with E-state index in [0.29, 0.717) is 16.8 Å². The van der Waals surface area contributed by atoms with E-state index in [2.05, 4.69) is 5.32 Å². The fourth-order valence-corrected chi connectivity index (χ4v) is 4.23. The Morgan fingerprint density at radius 1 is 1.12 bits per heavy atom. The molecule has 2 aromatic carbocycles. The summed E-state index contributed by atoms with van der Waals surface area (Å²) in [5.74, 6) is -1.60. The van der Waals surface area contributed by atoms with Crippen LogP contribution in [0.2, 0.25) is 0 Å². The summed E-state index contributed by atoms with van der Waals surface area (Å²) in [4.78, 5) is 12.0. The van der Waals surface area contributed by atoms with Gasteiger partial charge in [0, 0.05) is 18.2 Å². The summed E-state index contributed by atoms with van der Waals surface area (Å²) < 4.78 is 30.4. The molecule has 0 atom stereocenters. The van der Waals surface area contributed by atoms with Crippen molar-refractivity contribution in [2.75, 3.05) is 12.4 Å². The molecule has 0 saturated heterocycles. The number of hydrogen-bond acceptors (Lipinski definition) is 5. The Morgan fingerprint density at radius 3 is 2.42 bits per heavy atom. The van der Waals surface area contributed by atoms with E-state index in [9.17, 15) is 18.3 Å². The molecule has 7 heteroatoms. The smallest absolute Gasteiger partial charge is 0.338 e. The van der Waals surface area contributed by atoms with Gasteiger partial charge in [0.05, 0.1) is 34.4 Å². The fraction of sp³-hybridized carbons (Fsp3) is 0.105. The van der Waals surface area contributed by atoms with E-state index >= 15 is 0 Å². The van der Waals surface area contributed by atoms with Crippen molar-refractivity contribution in [3.05, 3.63) is 72.2 Å². The summed E-state index contributed by atoms with van der Waals surface area (Å²) >= 11 is 0. The Morgan fingerprint density at radius 2 is 1.85 bits per heavy atom. The normalized spacial score (nSPS) is 11.3. The van der Waals surface area contributed by atoms with Crippen LogP contribution in [0.5, 0.6) is 0 Å². The number of sulfone groups is 1. The Kier molecular flexibility index (Phi) is 4.81. The molecule has 0 bridgehead atoms. The molecule has 0 unspecified atom stereocenters. The molecule has 0 fully saturated rings. The Hall–Kier alpha value is -3.06. The van der Waals surface area contributed by atoms with Gasteiger partial charge in [-0.05, 0) is 23.8 Å². The Bertz CT molecular complexity index is 1030. The molecule has 0 aliphatic rings. The number of furan rings is 1. The van der Waals surface area contributed by atoms with Gasteiger partial charge in [0.15, 0.2) is 9.84 Å². The molecule has 3 aromatic rings. The van der Waals surface area contributed by atoms with E-state index in [4.69, 9.17) is 4.42 Å². The minimum Gasteiger partial charge on any atom is -0.478 e. The molecule has 0 saturated carbocycles. The number of carbonyl (C=O) groups is 1. The number of carboxylic acid groups (broad SMARTS) is 1. The molecule has 3 rings (SSSR count). The zero-order valence-corrected chi connectivity index (χ0v) is 14.8. The fourth-order valence-electron chi connectivity index (χ4n) is 2.84. The molecule has 0 amide bonds. The summed E-state index contributed by atoms with van der Waals surface area (Å²) in [7, 11) is -2.07. The number of hydrogen-bond donors (Lipinski definition) is 2. The lowest BCUT2D eigenvalue weighted by atomic mass is 9.98. The van der Waals surface area contributed by atoms with Gasteiger partial charge in [-0.3, -0.25) is 0 Å². The maximum Gasteiger partial charge on any atom is 0.338 e. The van der Waals surface area contributed by atoms with Crippen LogP contribution in [-0.2, 0) is 15.6 Å². The van der Waals surface area contributed by atoms with Crippen molar-refractivity contribution in [1.29, 1.82) is 0 Å². The van der Waals surface area contributed by atoms with Crippen molar-refractivity contribution < 1.29 is 22.7 Å². The highest BCUT2D eigenvalue weighted by atomic mass is 32.2. The largest absolute Gasteiger partial charge is 0.478 e. The van der Waals surface area contributed by atoms with Crippen LogP contribution in [0.3, 0.4) is 0 Å². The predicted molar refractivity (Wildman–Crippen MR) is 98.0 cm³/mol. The highest BCUT2D eigenvalue weighted by molar-refractivity contribution is 7.90. The van der Waals surface area contributed by atoms with E-state index in [1.54, 1.807) is 37.4 Å². The van der Waals surface area contributed by atoms with Gasteiger partial charge in [-0.15, -0.1) is 0 Å². The van der Waals surface area contributed by atoms with Crippen LogP contribution >= 0.6 is 0 Å². The molecule has 1 aromatic heterocycles. The lowest BCUT2D eigenvalue weighted by molar-refractivity contribution is 0.0697. The first-order chi connectivity index (χ1) is 12.4. The zero-order valence-electron chi connectivity index (χ0n) is 14.0. The van der Waals surface area contributed by atoms with Gasteiger partial charge >= 0.3 is 5.97 Å². The van der Waals surface area contributed by atoms with Gasteiger partial charge < -0.3 is 14.8 Å². The molecule has 0 aliphatic heterocycles. The number of rotatable bonds is 6. The van der Waals surface area contributed by atoms with Crippen molar-refractivity contribution in [2.24, 2.45) is 0 Å². The number of carboxylic acids is 1. The molecule has 6 nitrogen and oxygen atoms in total. The highest BCUT2D eigenvalue weighted by Crippen LogP contribution is 2.34. The van der Waals surface area contributed by atoms with Crippen LogP contribution in [-0.4, -0.2) is 26.5 Å². The van der Waals surface area contributed by atoms with Crippen molar-refractivity contribution in [3.8, 4) is 11.1 Å². The minimum atomic E-state index is -3.67. The second-order valence-electron chi connectivity index (χ2n) is 5.66. The lowest BCUT2D eigenvalue weighted by Gasteiger charge is -2.15. The van der Waals surface area contributed by atoms with Crippen molar-refractivity contribution in [1.82, 2.24) is 0 Å². The number of aromatic carboxylic acids is 1. The van der Waals surface area contributed by atoms with E-state index in [1.165, 1.54) is 30.7 Å². The molecular formula is C19H17NO5S. The first-order valence-electron chi connectivity index (χ1n) is 7.81. The van der Waals surface area contributed by atoms with Crippen LogP contribution in [0.4, 0.5) is 5.69 Å². The summed E-state index contributed by atoms with van der Waals surface area (Å²) in [6.45, 7) is 0. The van der Waals surface area contributed by atoms with Gasteiger partial charge in [-0.1, -0.05) is 30.3 Å². The van der Waals surface area contributed by atoms with Gasteiger partial charge in [0.1, 0.15) is 0 Å². The molecule has 134 valence electrons. The Balaban J connectivity index is 2.12. The number of benzene rings is 2. The summed E-state index contributed by atoms with van der Waals surface area (Å²) in [5.41, 5.74) is 1.83. The van der Waals surface area contributed by atoms with Crippen LogP contribution in [0.1, 0.15) is 15.9 Å². The zero-order chi connectivity index (χ0) is 18.7. The second kappa shape index (κ2) is 7.05. The third-order valence-electron chi connectivity index (χ3n) is 4.04. The van der Waals surface area contributed by atoms with E-state index in [0.717, 1.165) is 0 Å². The van der Waals surface area contributed by atoms with Crippen molar-refractivity contribution >= 4 is 21.5 Å². The van der Waals surface area contributed by atoms with Crippen molar-refractivity contribution in [2.45, 2.75) is 10.6 Å². The standard InChI is InChI=1S/C19H17NO5S/c1-20-18-16(13-9-10-25-11-13)8-7-14(17(18)19(21)22)12-26(23,24)15-5-3-2-4-6-15/h2-11,20H,12H2,1H3,(H,21,22). The van der Waals surface area contributed by atoms with Gasteiger partial charge in [-0.2, -0.15) is 0 Å². The summed E-state index contributed by atoms with van der Waals surface area (Å²) in [6, 6.07) is 12.9. The van der Waals surface area contributed by atoms with Gasteiger partial charge in [0.25, 0.3) is 0 Å². The van der Waals surface area contributed by atoms with E-state index in [-0.39, 0.29) is 16.0 Å². The average molecular weight is 371 g/mol. The van der Waals surface area contributed by atoms with Crippen molar-refractivity contribution in [3.63, 3.8) is 0 Å². The van der Waals surface area contributed by atoms with Gasteiger partial charge in [-0.25, -0.2) is 13.2 Å². The topological polar surface area (TPSA) is 96.6 Å². The first kappa shape index (κ1) is 17.8. The van der Waals surface area contributed by atoms with Gasteiger partial charge in [0.2, 0.25) is 0 Å². The molecular weight excluding hydrogens is 354 g/mol. The third kappa shape index (κ3) is 3.34. The third-order valence-corrected chi connectivity index (χ3v) is 5.72. The number of nitrogens with one attached hydrogen (secondary N) is 1. The quantitative estimate of drug-likeness (QED) is 0.686.